The quantitative estimate of drug-likeness (QED) is 0.885. The normalized spacial score (nSPS) is 16.1. The third kappa shape index (κ3) is 4.42. The Morgan fingerprint density at radius 2 is 1.58 bits per heavy atom. The standard InChI is InChI=1S/C21H23NO4/c23-20(24)19(17-9-5-2-6-10-17)18-11-13-22(14-12-18)21(25)26-15-16-7-3-1-4-8-16/h1-10,18-19H,11-15H2,(H,23,24). The zero-order valence-corrected chi connectivity index (χ0v) is 14.6. The van der Waals surface area contributed by atoms with E-state index >= 15 is 0 Å². The topological polar surface area (TPSA) is 66.8 Å². The van der Waals surface area contributed by atoms with Crippen LogP contribution in [0.15, 0.2) is 60.7 Å². The van der Waals surface area contributed by atoms with E-state index in [0.29, 0.717) is 25.9 Å². The molecule has 3 rings (SSSR count). The van der Waals surface area contributed by atoms with Crippen molar-refractivity contribution in [3.63, 3.8) is 0 Å². The third-order valence-corrected chi connectivity index (χ3v) is 4.90. The van der Waals surface area contributed by atoms with Crippen LogP contribution in [-0.4, -0.2) is 35.2 Å². The fourth-order valence-corrected chi connectivity index (χ4v) is 3.50. The predicted molar refractivity (Wildman–Crippen MR) is 97.7 cm³/mol. The number of benzene rings is 2. The van der Waals surface area contributed by atoms with Crippen LogP contribution in [0.25, 0.3) is 0 Å². The van der Waals surface area contributed by atoms with E-state index in [1.165, 1.54) is 0 Å². The van der Waals surface area contributed by atoms with Crippen molar-refractivity contribution < 1.29 is 19.4 Å². The summed E-state index contributed by atoms with van der Waals surface area (Å²) in [5, 5.41) is 9.66. The second-order valence-electron chi connectivity index (χ2n) is 6.59. The van der Waals surface area contributed by atoms with Gasteiger partial charge in [0.05, 0.1) is 5.92 Å². The molecule has 0 spiro atoms. The van der Waals surface area contributed by atoms with Crippen molar-refractivity contribution in [3.8, 4) is 0 Å². The van der Waals surface area contributed by atoms with Crippen molar-refractivity contribution in [2.75, 3.05) is 13.1 Å². The second-order valence-corrected chi connectivity index (χ2v) is 6.59. The summed E-state index contributed by atoms with van der Waals surface area (Å²) in [7, 11) is 0. The Balaban J connectivity index is 1.54. The molecule has 0 saturated carbocycles. The Hall–Kier alpha value is -2.82. The van der Waals surface area contributed by atoms with E-state index in [9.17, 15) is 14.7 Å². The van der Waals surface area contributed by atoms with Crippen LogP contribution in [0.2, 0.25) is 0 Å². The van der Waals surface area contributed by atoms with Gasteiger partial charge in [-0.3, -0.25) is 4.79 Å². The van der Waals surface area contributed by atoms with Gasteiger partial charge in [-0.25, -0.2) is 4.79 Å². The van der Waals surface area contributed by atoms with Gasteiger partial charge in [-0.2, -0.15) is 0 Å². The predicted octanol–water partition coefficient (Wildman–Crippen LogP) is 3.90. The highest BCUT2D eigenvalue weighted by atomic mass is 16.6. The second kappa shape index (κ2) is 8.52. The van der Waals surface area contributed by atoms with Gasteiger partial charge in [-0.05, 0) is 29.9 Å². The maximum absolute atomic E-state index is 12.2. The summed E-state index contributed by atoms with van der Waals surface area (Å²) in [5.74, 6) is -1.31. The van der Waals surface area contributed by atoms with Crippen LogP contribution >= 0.6 is 0 Å². The van der Waals surface area contributed by atoms with E-state index in [2.05, 4.69) is 0 Å². The number of carbonyl (C=O) groups excluding carboxylic acids is 1. The van der Waals surface area contributed by atoms with Crippen LogP contribution in [0.1, 0.15) is 29.9 Å². The molecule has 0 aliphatic carbocycles. The van der Waals surface area contributed by atoms with E-state index in [4.69, 9.17) is 4.74 Å². The number of carbonyl (C=O) groups is 2. The van der Waals surface area contributed by atoms with Crippen molar-refractivity contribution in [2.45, 2.75) is 25.4 Å². The number of ether oxygens (including phenoxy) is 1. The minimum absolute atomic E-state index is 0.0214. The molecule has 0 radical (unpaired) electrons. The molecule has 1 unspecified atom stereocenters. The molecule has 1 atom stereocenters. The van der Waals surface area contributed by atoms with E-state index in [1.54, 1.807) is 4.90 Å². The fraction of sp³-hybridized carbons (Fsp3) is 0.333. The molecule has 26 heavy (non-hydrogen) atoms. The van der Waals surface area contributed by atoms with Gasteiger partial charge < -0.3 is 14.7 Å². The van der Waals surface area contributed by atoms with Gasteiger partial charge in [0.1, 0.15) is 6.61 Å². The number of carboxylic acids is 1. The molecule has 5 nitrogen and oxygen atoms in total. The Morgan fingerprint density at radius 3 is 2.15 bits per heavy atom. The summed E-state index contributed by atoms with van der Waals surface area (Å²) >= 11 is 0. The van der Waals surface area contributed by atoms with Crippen LogP contribution in [0.4, 0.5) is 4.79 Å². The summed E-state index contributed by atoms with van der Waals surface area (Å²) in [6.45, 7) is 1.30. The summed E-state index contributed by atoms with van der Waals surface area (Å²) in [6, 6.07) is 18.9. The molecule has 1 N–H and O–H groups in total. The molecule has 1 saturated heterocycles. The van der Waals surface area contributed by atoms with Crippen molar-refractivity contribution in [1.29, 1.82) is 0 Å². The first-order valence-electron chi connectivity index (χ1n) is 8.88. The Morgan fingerprint density at radius 1 is 1.00 bits per heavy atom. The van der Waals surface area contributed by atoms with Crippen molar-refractivity contribution >= 4 is 12.1 Å². The van der Waals surface area contributed by atoms with Gasteiger partial charge in [-0.15, -0.1) is 0 Å². The van der Waals surface area contributed by atoms with E-state index in [0.717, 1.165) is 11.1 Å². The molecule has 136 valence electrons. The SMILES string of the molecule is O=C(O)C(c1ccccc1)C1CCN(C(=O)OCc2ccccc2)CC1. The number of carboxylic acid groups (broad SMARTS) is 1. The number of aliphatic carboxylic acids is 1. The van der Waals surface area contributed by atoms with Gasteiger partial charge in [-0.1, -0.05) is 60.7 Å². The zero-order chi connectivity index (χ0) is 18.4. The van der Waals surface area contributed by atoms with Crippen LogP contribution < -0.4 is 0 Å². The number of rotatable bonds is 5. The molecular weight excluding hydrogens is 330 g/mol. The fourth-order valence-electron chi connectivity index (χ4n) is 3.50. The van der Waals surface area contributed by atoms with E-state index in [-0.39, 0.29) is 18.6 Å². The highest BCUT2D eigenvalue weighted by Crippen LogP contribution is 2.33. The molecule has 1 heterocycles. The largest absolute Gasteiger partial charge is 0.481 e. The summed E-state index contributed by atoms with van der Waals surface area (Å²) < 4.78 is 5.37. The first-order valence-corrected chi connectivity index (χ1v) is 8.88. The Kier molecular flexibility index (Phi) is 5.89. The highest BCUT2D eigenvalue weighted by Gasteiger charge is 2.34. The van der Waals surface area contributed by atoms with Crippen molar-refractivity contribution in [2.24, 2.45) is 5.92 Å². The summed E-state index contributed by atoms with van der Waals surface area (Å²) in [6.07, 6.45) is 0.984. The number of likely N-dealkylation sites (tertiary alicyclic amines) is 1. The summed E-state index contributed by atoms with van der Waals surface area (Å²) in [5.41, 5.74) is 1.77. The molecule has 0 bridgehead atoms. The van der Waals surface area contributed by atoms with Gasteiger partial charge in [0, 0.05) is 13.1 Å². The van der Waals surface area contributed by atoms with Crippen molar-refractivity contribution in [3.05, 3.63) is 71.8 Å². The molecule has 2 aromatic rings. The minimum atomic E-state index is -0.804. The Labute approximate surface area is 153 Å². The van der Waals surface area contributed by atoms with Gasteiger partial charge in [0.15, 0.2) is 0 Å². The molecule has 1 aliphatic heterocycles. The maximum atomic E-state index is 12.2. The lowest BCUT2D eigenvalue weighted by Crippen LogP contribution is -2.41. The maximum Gasteiger partial charge on any atom is 0.410 e. The number of amides is 1. The van der Waals surface area contributed by atoms with Gasteiger partial charge in [0.2, 0.25) is 0 Å². The lowest BCUT2D eigenvalue weighted by molar-refractivity contribution is -0.140. The van der Waals surface area contributed by atoms with Crippen LogP contribution in [-0.2, 0) is 16.1 Å². The number of piperidine rings is 1. The lowest BCUT2D eigenvalue weighted by atomic mass is 9.80. The highest BCUT2D eigenvalue weighted by molar-refractivity contribution is 5.76. The van der Waals surface area contributed by atoms with E-state index in [1.807, 2.05) is 60.7 Å². The third-order valence-electron chi connectivity index (χ3n) is 4.90. The first kappa shape index (κ1) is 18.0. The zero-order valence-electron chi connectivity index (χ0n) is 14.6. The van der Waals surface area contributed by atoms with Gasteiger partial charge >= 0.3 is 12.1 Å². The number of hydrogen-bond acceptors (Lipinski definition) is 3. The first-order chi connectivity index (χ1) is 12.6. The molecular formula is C21H23NO4. The summed E-state index contributed by atoms with van der Waals surface area (Å²) in [4.78, 5) is 25.7. The molecule has 0 aromatic heterocycles. The number of nitrogens with zero attached hydrogens (tertiary/aromatic N) is 1. The molecule has 1 aliphatic rings. The monoisotopic (exact) mass is 353 g/mol. The van der Waals surface area contributed by atoms with E-state index < -0.39 is 11.9 Å². The van der Waals surface area contributed by atoms with Crippen LogP contribution in [0.3, 0.4) is 0 Å². The van der Waals surface area contributed by atoms with Crippen molar-refractivity contribution in [1.82, 2.24) is 4.90 Å². The van der Waals surface area contributed by atoms with Gasteiger partial charge in [0.25, 0.3) is 0 Å². The molecule has 1 fully saturated rings. The van der Waals surface area contributed by atoms with Crippen LogP contribution in [0, 0.1) is 5.92 Å². The molecule has 2 aromatic carbocycles. The molecule has 5 heteroatoms. The minimum Gasteiger partial charge on any atom is -0.481 e. The molecule has 1 amide bonds. The Bertz CT molecular complexity index is 724. The lowest BCUT2D eigenvalue weighted by Gasteiger charge is -2.34. The smallest absolute Gasteiger partial charge is 0.410 e. The van der Waals surface area contributed by atoms with Crippen LogP contribution in [0.5, 0.6) is 0 Å². The average Bonchev–Trinajstić information content (AvgIpc) is 2.68. The number of hydrogen-bond donors (Lipinski definition) is 1. The average molecular weight is 353 g/mol.